The molecule has 0 radical (unpaired) electrons. The summed E-state index contributed by atoms with van der Waals surface area (Å²) in [5.74, 6) is 1.34. The van der Waals surface area contributed by atoms with Crippen molar-refractivity contribution >= 4 is 33.9 Å². The highest BCUT2D eigenvalue weighted by atomic mass is 35.5. The summed E-state index contributed by atoms with van der Waals surface area (Å²) in [4.78, 5) is 2.11. The molecule has 92 valence electrons. The molecular weight excluding hydrogens is 258 g/mol. The Morgan fingerprint density at radius 3 is 2.65 bits per heavy atom. The van der Waals surface area contributed by atoms with Crippen molar-refractivity contribution in [2.24, 2.45) is 5.73 Å². The van der Waals surface area contributed by atoms with Crippen molar-refractivity contribution in [3.63, 3.8) is 0 Å². The highest BCUT2D eigenvalue weighted by molar-refractivity contribution is 7.85. The molecule has 0 unspecified atom stereocenters. The van der Waals surface area contributed by atoms with Crippen LogP contribution in [0.25, 0.3) is 0 Å². The smallest absolute Gasteiger partial charge is 0.124 e. The minimum atomic E-state index is -0.709. The van der Waals surface area contributed by atoms with Crippen molar-refractivity contribution in [1.82, 2.24) is 0 Å². The summed E-state index contributed by atoms with van der Waals surface area (Å²) in [6.45, 7) is 1.46. The van der Waals surface area contributed by atoms with Crippen LogP contribution in [0.15, 0.2) is 18.2 Å². The van der Waals surface area contributed by atoms with Crippen molar-refractivity contribution in [2.75, 3.05) is 29.5 Å². The Morgan fingerprint density at radius 2 is 2.06 bits per heavy atom. The van der Waals surface area contributed by atoms with E-state index in [1.54, 1.807) is 12.1 Å². The van der Waals surface area contributed by atoms with Gasteiger partial charge in [-0.2, -0.15) is 0 Å². The summed E-state index contributed by atoms with van der Waals surface area (Å²) in [7, 11) is -0.709. The number of nitrogens with zero attached hydrogens (tertiary/aromatic N) is 1. The zero-order valence-electron chi connectivity index (χ0n) is 9.28. The first-order chi connectivity index (χ1) is 8.08. The van der Waals surface area contributed by atoms with Gasteiger partial charge in [-0.3, -0.25) is 9.62 Å². The van der Waals surface area contributed by atoms with Gasteiger partial charge in [-0.15, -0.1) is 0 Å². The van der Waals surface area contributed by atoms with Gasteiger partial charge in [-0.05, 0) is 18.2 Å². The Balaban J connectivity index is 2.31. The summed E-state index contributed by atoms with van der Waals surface area (Å²) in [6, 6.07) is 5.35. The maximum absolute atomic E-state index is 11.3. The molecule has 1 aromatic rings. The molecule has 4 nitrogen and oxygen atoms in total. The molecule has 1 saturated heterocycles. The van der Waals surface area contributed by atoms with E-state index in [1.807, 2.05) is 6.07 Å². The molecule has 0 saturated carbocycles. The van der Waals surface area contributed by atoms with Gasteiger partial charge in [0, 0.05) is 51.7 Å². The second kappa shape index (κ2) is 5.06. The molecular formula is C11H14ClN3OS. The van der Waals surface area contributed by atoms with Gasteiger partial charge in [-0.1, -0.05) is 11.6 Å². The molecule has 0 spiro atoms. The van der Waals surface area contributed by atoms with Gasteiger partial charge in [0.15, 0.2) is 0 Å². The second-order valence-corrected chi connectivity index (χ2v) is 6.04. The molecule has 0 atom stereocenters. The second-order valence-electron chi connectivity index (χ2n) is 3.91. The van der Waals surface area contributed by atoms with Gasteiger partial charge >= 0.3 is 0 Å². The van der Waals surface area contributed by atoms with E-state index in [1.165, 1.54) is 0 Å². The Morgan fingerprint density at radius 1 is 1.41 bits per heavy atom. The molecule has 2 rings (SSSR count). The number of rotatable bonds is 2. The molecule has 0 bridgehead atoms. The van der Waals surface area contributed by atoms with Crippen LogP contribution in [0.3, 0.4) is 0 Å². The topological polar surface area (TPSA) is 70.2 Å². The van der Waals surface area contributed by atoms with Gasteiger partial charge in [0.05, 0.1) is 0 Å². The first-order valence-corrected chi connectivity index (χ1v) is 7.18. The minimum absolute atomic E-state index is 0.00851. The van der Waals surface area contributed by atoms with E-state index in [9.17, 15) is 4.21 Å². The van der Waals surface area contributed by atoms with Crippen molar-refractivity contribution in [2.45, 2.75) is 0 Å². The van der Waals surface area contributed by atoms with Gasteiger partial charge in [-0.25, -0.2) is 0 Å². The Hall–Kier alpha value is -1.07. The molecule has 1 fully saturated rings. The molecule has 6 heteroatoms. The lowest BCUT2D eigenvalue weighted by Crippen LogP contribution is -2.38. The maximum Gasteiger partial charge on any atom is 0.124 e. The molecule has 1 aromatic carbocycles. The van der Waals surface area contributed by atoms with E-state index >= 15 is 0 Å². The fourth-order valence-corrected chi connectivity index (χ4v) is 3.10. The Kier molecular flexibility index (Phi) is 3.69. The van der Waals surface area contributed by atoms with Crippen LogP contribution in [0.4, 0.5) is 5.69 Å². The lowest BCUT2D eigenvalue weighted by atomic mass is 10.1. The van der Waals surface area contributed by atoms with Gasteiger partial charge < -0.3 is 10.6 Å². The third-order valence-electron chi connectivity index (χ3n) is 2.77. The van der Waals surface area contributed by atoms with Crippen molar-refractivity contribution in [3.05, 3.63) is 28.8 Å². The molecule has 1 aliphatic heterocycles. The SMILES string of the molecule is N=C(N)c1cc(Cl)ccc1N1CCS(=O)CC1. The van der Waals surface area contributed by atoms with Crippen LogP contribution < -0.4 is 10.6 Å². The van der Waals surface area contributed by atoms with Crippen molar-refractivity contribution < 1.29 is 4.21 Å². The molecule has 17 heavy (non-hydrogen) atoms. The number of nitrogens with two attached hydrogens (primary N) is 1. The number of halogens is 1. The third kappa shape index (κ3) is 2.79. The van der Waals surface area contributed by atoms with Gasteiger partial charge in [0.2, 0.25) is 0 Å². The van der Waals surface area contributed by atoms with Crippen LogP contribution in [-0.4, -0.2) is 34.6 Å². The zero-order valence-corrected chi connectivity index (χ0v) is 10.9. The van der Waals surface area contributed by atoms with E-state index in [0.717, 1.165) is 18.8 Å². The molecule has 0 amide bonds. The van der Waals surface area contributed by atoms with Crippen LogP contribution in [-0.2, 0) is 10.8 Å². The summed E-state index contributed by atoms with van der Waals surface area (Å²) < 4.78 is 11.3. The maximum atomic E-state index is 11.3. The Labute approximate surface area is 108 Å². The van der Waals surface area contributed by atoms with Crippen molar-refractivity contribution in [3.8, 4) is 0 Å². The average molecular weight is 272 g/mol. The predicted molar refractivity (Wildman–Crippen MR) is 72.6 cm³/mol. The van der Waals surface area contributed by atoms with Crippen LogP contribution in [0, 0.1) is 5.41 Å². The molecule has 0 aromatic heterocycles. The molecule has 1 aliphatic rings. The average Bonchev–Trinajstić information content (AvgIpc) is 2.30. The number of nitrogens with one attached hydrogen (secondary N) is 1. The fraction of sp³-hybridized carbons (Fsp3) is 0.364. The molecule has 0 aliphatic carbocycles. The monoisotopic (exact) mass is 271 g/mol. The summed E-state index contributed by atoms with van der Waals surface area (Å²) in [6.07, 6.45) is 0. The van der Waals surface area contributed by atoms with Crippen LogP contribution in [0.1, 0.15) is 5.56 Å². The highest BCUT2D eigenvalue weighted by Gasteiger charge is 2.19. The van der Waals surface area contributed by atoms with E-state index in [2.05, 4.69) is 4.90 Å². The normalized spacial score (nSPS) is 17.1. The number of hydrogen-bond acceptors (Lipinski definition) is 3. The molecule has 3 N–H and O–H groups in total. The van der Waals surface area contributed by atoms with E-state index in [4.69, 9.17) is 22.7 Å². The zero-order chi connectivity index (χ0) is 12.4. The third-order valence-corrected chi connectivity index (χ3v) is 4.28. The first kappa shape index (κ1) is 12.4. The number of hydrogen-bond donors (Lipinski definition) is 2. The van der Waals surface area contributed by atoms with E-state index in [0.29, 0.717) is 22.1 Å². The Bertz CT molecular complexity index is 468. The highest BCUT2D eigenvalue weighted by Crippen LogP contribution is 2.25. The minimum Gasteiger partial charge on any atom is -0.384 e. The van der Waals surface area contributed by atoms with E-state index < -0.39 is 10.8 Å². The van der Waals surface area contributed by atoms with Crippen LogP contribution in [0.2, 0.25) is 5.02 Å². The standard InChI is InChI=1S/C11H14ClN3OS/c12-8-1-2-10(9(7-8)11(13)14)15-3-5-17(16)6-4-15/h1-2,7H,3-6H2,(H3,13,14). The summed E-state index contributed by atoms with van der Waals surface area (Å²) >= 11 is 5.90. The summed E-state index contributed by atoms with van der Waals surface area (Å²) in [5, 5.41) is 8.13. The lowest BCUT2D eigenvalue weighted by Gasteiger charge is -2.30. The van der Waals surface area contributed by atoms with Crippen molar-refractivity contribution in [1.29, 1.82) is 5.41 Å². The number of anilines is 1. The largest absolute Gasteiger partial charge is 0.384 e. The van der Waals surface area contributed by atoms with E-state index in [-0.39, 0.29) is 5.84 Å². The van der Waals surface area contributed by atoms with Crippen LogP contribution >= 0.6 is 11.6 Å². The quantitative estimate of drug-likeness (QED) is 0.627. The predicted octanol–water partition coefficient (Wildman–Crippen LogP) is 1.19. The number of nitrogen functional groups attached to an aromatic ring is 1. The lowest BCUT2D eigenvalue weighted by molar-refractivity contribution is 0.673. The van der Waals surface area contributed by atoms with Gasteiger partial charge in [0.1, 0.15) is 5.84 Å². The summed E-state index contributed by atoms with van der Waals surface area (Å²) in [5.41, 5.74) is 7.10. The van der Waals surface area contributed by atoms with Gasteiger partial charge in [0.25, 0.3) is 0 Å². The first-order valence-electron chi connectivity index (χ1n) is 5.32. The fourth-order valence-electron chi connectivity index (χ4n) is 1.88. The number of benzene rings is 1. The molecule has 1 heterocycles. The van der Waals surface area contributed by atoms with Crippen LogP contribution in [0.5, 0.6) is 0 Å². The number of amidine groups is 1.